The molecule has 2 rings (SSSR count). The smallest absolute Gasteiger partial charge is 0.0959 e. The molecule has 0 aliphatic heterocycles. The Bertz CT molecular complexity index is 321. The molecule has 1 saturated carbocycles. The number of rotatable bonds is 4. The van der Waals surface area contributed by atoms with Gasteiger partial charge in [-0.05, 0) is 39.5 Å². The number of aromatic nitrogens is 1. The molecule has 3 heteroatoms. The minimum Gasteiger partial charge on any atom is -0.326 e. The number of thiazole rings is 1. The van der Waals surface area contributed by atoms with E-state index in [0.717, 1.165) is 18.8 Å². The maximum atomic E-state index is 5.96. The van der Waals surface area contributed by atoms with Crippen LogP contribution in [0.1, 0.15) is 56.2 Å². The molecule has 84 valence electrons. The summed E-state index contributed by atoms with van der Waals surface area (Å²) >= 11 is 1.83. The minimum atomic E-state index is -0.0692. The van der Waals surface area contributed by atoms with E-state index >= 15 is 0 Å². The second kappa shape index (κ2) is 4.22. The molecule has 1 aromatic heterocycles. The summed E-state index contributed by atoms with van der Waals surface area (Å²) < 4.78 is 0. The Morgan fingerprint density at radius 1 is 1.53 bits per heavy atom. The molecule has 1 aromatic rings. The van der Waals surface area contributed by atoms with E-state index in [4.69, 9.17) is 10.7 Å². The Morgan fingerprint density at radius 2 is 2.27 bits per heavy atom. The fourth-order valence-electron chi connectivity index (χ4n) is 1.73. The molecule has 1 fully saturated rings. The molecule has 1 heterocycles. The van der Waals surface area contributed by atoms with Crippen LogP contribution in [0.2, 0.25) is 0 Å². The van der Waals surface area contributed by atoms with E-state index in [2.05, 4.69) is 19.2 Å². The van der Waals surface area contributed by atoms with Gasteiger partial charge in [0.25, 0.3) is 0 Å². The quantitative estimate of drug-likeness (QED) is 0.853. The van der Waals surface area contributed by atoms with Crippen LogP contribution in [0.5, 0.6) is 0 Å². The van der Waals surface area contributed by atoms with E-state index in [-0.39, 0.29) is 5.54 Å². The summed E-state index contributed by atoms with van der Waals surface area (Å²) in [5.74, 6) is 0.773. The number of hydrogen-bond acceptors (Lipinski definition) is 3. The SMILES string of the molecule is CC(C)(N)CCc1csc(C2CCC2)n1. The third-order valence-corrected chi connectivity index (χ3v) is 4.11. The molecule has 0 saturated heterocycles. The predicted molar refractivity (Wildman–Crippen MR) is 65.3 cm³/mol. The molecule has 1 aliphatic carbocycles. The van der Waals surface area contributed by atoms with Gasteiger partial charge in [0, 0.05) is 16.8 Å². The normalized spacial score (nSPS) is 17.8. The van der Waals surface area contributed by atoms with Gasteiger partial charge in [-0.3, -0.25) is 0 Å². The topological polar surface area (TPSA) is 38.9 Å². The Hall–Kier alpha value is -0.410. The molecule has 2 N–H and O–H groups in total. The molecule has 0 aromatic carbocycles. The first-order valence-electron chi connectivity index (χ1n) is 5.78. The van der Waals surface area contributed by atoms with Crippen molar-refractivity contribution in [2.75, 3.05) is 0 Å². The Kier molecular flexibility index (Phi) is 3.12. The summed E-state index contributed by atoms with van der Waals surface area (Å²) in [6.45, 7) is 4.15. The number of hydrogen-bond donors (Lipinski definition) is 1. The average Bonchev–Trinajstić information content (AvgIpc) is 2.45. The van der Waals surface area contributed by atoms with Gasteiger partial charge in [0.2, 0.25) is 0 Å². The van der Waals surface area contributed by atoms with Gasteiger partial charge in [0.1, 0.15) is 0 Å². The molecule has 0 bridgehead atoms. The zero-order valence-electron chi connectivity index (χ0n) is 9.62. The van der Waals surface area contributed by atoms with E-state index in [1.165, 1.54) is 30.0 Å². The van der Waals surface area contributed by atoms with Gasteiger partial charge in [-0.25, -0.2) is 4.98 Å². The predicted octanol–water partition coefficient (Wildman–Crippen LogP) is 3.08. The van der Waals surface area contributed by atoms with Gasteiger partial charge in [-0.15, -0.1) is 11.3 Å². The van der Waals surface area contributed by atoms with E-state index in [1.807, 2.05) is 11.3 Å². The summed E-state index contributed by atoms with van der Waals surface area (Å²) in [4.78, 5) is 4.70. The second-order valence-corrected chi connectivity index (χ2v) is 6.18. The summed E-state index contributed by atoms with van der Waals surface area (Å²) in [5, 5.41) is 3.56. The fourth-order valence-corrected chi connectivity index (χ4v) is 2.76. The first-order valence-corrected chi connectivity index (χ1v) is 6.66. The van der Waals surface area contributed by atoms with Crippen LogP contribution in [-0.2, 0) is 6.42 Å². The summed E-state index contributed by atoms with van der Waals surface area (Å²) in [5.41, 5.74) is 7.13. The van der Waals surface area contributed by atoms with Crippen molar-refractivity contribution >= 4 is 11.3 Å². The number of nitrogens with zero attached hydrogens (tertiary/aromatic N) is 1. The lowest BCUT2D eigenvalue weighted by Gasteiger charge is -2.22. The van der Waals surface area contributed by atoms with Crippen molar-refractivity contribution in [2.45, 2.75) is 57.4 Å². The minimum absolute atomic E-state index is 0.0692. The van der Waals surface area contributed by atoms with Gasteiger partial charge in [0.15, 0.2) is 0 Å². The first-order chi connectivity index (χ1) is 7.04. The van der Waals surface area contributed by atoms with Crippen molar-refractivity contribution in [3.63, 3.8) is 0 Å². The molecule has 15 heavy (non-hydrogen) atoms. The molecule has 1 aliphatic rings. The zero-order chi connectivity index (χ0) is 10.9. The fraction of sp³-hybridized carbons (Fsp3) is 0.750. The van der Waals surface area contributed by atoms with E-state index in [0.29, 0.717) is 0 Å². The molecule has 0 amide bonds. The van der Waals surface area contributed by atoms with Crippen molar-refractivity contribution in [3.05, 3.63) is 16.1 Å². The Labute approximate surface area is 95.9 Å². The maximum absolute atomic E-state index is 5.96. The highest BCUT2D eigenvalue weighted by molar-refractivity contribution is 7.09. The molecule has 0 spiro atoms. The monoisotopic (exact) mass is 224 g/mol. The van der Waals surface area contributed by atoms with Crippen LogP contribution in [-0.4, -0.2) is 10.5 Å². The van der Waals surface area contributed by atoms with Crippen LogP contribution in [0, 0.1) is 0 Å². The summed E-state index contributed by atoms with van der Waals surface area (Å²) in [6.07, 6.45) is 6.10. The van der Waals surface area contributed by atoms with E-state index in [1.54, 1.807) is 0 Å². The lowest BCUT2D eigenvalue weighted by molar-refractivity contribution is 0.417. The molecular weight excluding hydrogens is 204 g/mol. The van der Waals surface area contributed by atoms with Crippen LogP contribution in [0.4, 0.5) is 0 Å². The summed E-state index contributed by atoms with van der Waals surface area (Å²) in [7, 11) is 0. The largest absolute Gasteiger partial charge is 0.326 e. The highest BCUT2D eigenvalue weighted by Gasteiger charge is 2.22. The van der Waals surface area contributed by atoms with E-state index < -0.39 is 0 Å². The van der Waals surface area contributed by atoms with Crippen LogP contribution in [0.3, 0.4) is 0 Å². The van der Waals surface area contributed by atoms with Gasteiger partial charge in [-0.2, -0.15) is 0 Å². The van der Waals surface area contributed by atoms with Crippen molar-refractivity contribution in [1.82, 2.24) is 4.98 Å². The van der Waals surface area contributed by atoms with Crippen LogP contribution in [0.15, 0.2) is 5.38 Å². The van der Waals surface area contributed by atoms with E-state index in [9.17, 15) is 0 Å². The van der Waals surface area contributed by atoms with Crippen LogP contribution < -0.4 is 5.73 Å². The molecular formula is C12H20N2S. The highest BCUT2D eigenvalue weighted by Crippen LogP contribution is 2.37. The maximum Gasteiger partial charge on any atom is 0.0959 e. The van der Waals surface area contributed by atoms with Gasteiger partial charge >= 0.3 is 0 Å². The second-order valence-electron chi connectivity index (χ2n) is 5.29. The first kappa shape index (κ1) is 11.1. The summed E-state index contributed by atoms with van der Waals surface area (Å²) in [6, 6.07) is 0. The van der Waals surface area contributed by atoms with Crippen molar-refractivity contribution < 1.29 is 0 Å². The lowest BCUT2D eigenvalue weighted by Crippen LogP contribution is -2.32. The van der Waals surface area contributed by atoms with Crippen LogP contribution >= 0.6 is 11.3 Å². The Balaban J connectivity index is 1.89. The number of nitrogens with two attached hydrogens (primary N) is 1. The van der Waals surface area contributed by atoms with Crippen molar-refractivity contribution in [1.29, 1.82) is 0 Å². The van der Waals surface area contributed by atoms with Gasteiger partial charge in [-0.1, -0.05) is 6.42 Å². The average molecular weight is 224 g/mol. The molecule has 0 radical (unpaired) electrons. The van der Waals surface area contributed by atoms with Crippen molar-refractivity contribution in [2.24, 2.45) is 5.73 Å². The van der Waals surface area contributed by atoms with Crippen molar-refractivity contribution in [3.8, 4) is 0 Å². The molecule has 0 atom stereocenters. The third kappa shape index (κ3) is 3.02. The zero-order valence-corrected chi connectivity index (χ0v) is 10.4. The molecule has 2 nitrogen and oxygen atoms in total. The standard InChI is InChI=1S/C12H20N2S/c1-12(2,13)7-6-10-8-15-11(14-10)9-4-3-5-9/h8-9H,3-7,13H2,1-2H3. The number of aryl methyl sites for hydroxylation is 1. The highest BCUT2D eigenvalue weighted by atomic mass is 32.1. The third-order valence-electron chi connectivity index (χ3n) is 3.05. The Morgan fingerprint density at radius 3 is 2.80 bits per heavy atom. The van der Waals surface area contributed by atoms with Gasteiger partial charge in [0.05, 0.1) is 10.7 Å². The van der Waals surface area contributed by atoms with Crippen LogP contribution in [0.25, 0.3) is 0 Å². The van der Waals surface area contributed by atoms with Gasteiger partial charge < -0.3 is 5.73 Å². The molecule has 0 unspecified atom stereocenters. The lowest BCUT2D eigenvalue weighted by atomic mass is 9.86.